The molecule has 2 atom stereocenters. The van der Waals surface area contributed by atoms with Crippen molar-refractivity contribution in [3.63, 3.8) is 0 Å². The summed E-state index contributed by atoms with van der Waals surface area (Å²) in [6.07, 6.45) is 4.80. The third-order valence-electron chi connectivity index (χ3n) is 7.01. The summed E-state index contributed by atoms with van der Waals surface area (Å²) < 4.78 is 51.4. The SMILES string of the molecule is CNC(=O)C1(c2ccc3c(-c4cc(OC)c(C(=O)NC5CC5F)c(OC(F)F)c4)cnn3c2)CCC1. The van der Waals surface area contributed by atoms with Crippen molar-refractivity contribution < 1.29 is 32.2 Å². The summed E-state index contributed by atoms with van der Waals surface area (Å²) in [7, 11) is 2.92. The summed E-state index contributed by atoms with van der Waals surface area (Å²) >= 11 is 0. The van der Waals surface area contributed by atoms with Gasteiger partial charge in [-0.25, -0.2) is 8.91 Å². The largest absolute Gasteiger partial charge is 0.496 e. The first-order valence-electron chi connectivity index (χ1n) is 11.6. The summed E-state index contributed by atoms with van der Waals surface area (Å²) in [4.78, 5) is 25.3. The van der Waals surface area contributed by atoms with Gasteiger partial charge in [0.15, 0.2) is 0 Å². The minimum Gasteiger partial charge on any atom is -0.496 e. The fraction of sp³-hybridized carbons (Fsp3) is 0.400. The highest BCUT2D eigenvalue weighted by Gasteiger charge is 2.45. The molecule has 0 saturated heterocycles. The zero-order valence-corrected chi connectivity index (χ0v) is 19.7. The topological polar surface area (TPSA) is 94.0 Å². The number of ether oxygens (including phenoxy) is 2. The normalized spacial score (nSPS) is 20.1. The Hall–Kier alpha value is -3.76. The van der Waals surface area contributed by atoms with Crippen LogP contribution in [0.25, 0.3) is 16.6 Å². The standard InChI is InChI=1S/C25H25F3N4O4/c1-29-23(34)25(6-3-7-25)14-4-5-18-15(11-30-32(18)12-14)13-8-19(35-2)21(20(9-13)36-24(27)28)22(33)31-17-10-16(17)26/h4-5,8-9,11-12,16-17,24H,3,6-7,10H2,1-2H3,(H,29,34)(H,31,33). The van der Waals surface area contributed by atoms with E-state index in [9.17, 15) is 22.8 Å². The number of carbonyl (C=O) groups excluding carboxylic acids is 2. The average molecular weight is 502 g/mol. The predicted octanol–water partition coefficient (Wildman–Crippen LogP) is 3.62. The molecule has 0 bridgehead atoms. The Balaban J connectivity index is 1.56. The number of likely N-dealkylation sites (N-methyl/N-ethyl adjacent to an activating group) is 1. The molecule has 2 aromatic heterocycles. The van der Waals surface area contributed by atoms with Crippen LogP contribution in [0, 0.1) is 0 Å². The quantitative estimate of drug-likeness (QED) is 0.491. The van der Waals surface area contributed by atoms with Gasteiger partial charge in [-0.1, -0.05) is 12.5 Å². The van der Waals surface area contributed by atoms with Gasteiger partial charge in [-0.3, -0.25) is 9.59 Å². The van der Waals surface area contributed by atoms with Gasteiger partial charge < -0.3 is 20.1 Å². The first kappa shape index (κ1) is 24.0. The Morgan fingerprint density at radius 3 is 2.53 bits per heavy atom. The van der Waals surface area contributed by atoms with Crippen molar-refractivity contribution in [3.8, 4) is 22.6 Å². The molecule has 1 aromatic carbocycles. The van der Waals surface area contributed by atoms with E-state index in [2.05, 4.69) is 20.5 Å². The molecule has 0 radical (unpaired) electrons. The van der Waals surface area contributed by atoms with Gasteiger partial charge in [0.2, 0.25) is 5.91 Å². The van der Waals surface area contributed by atoms with E-state index in [0.29, 0.717) is 16.6 Å². The molecular weight excluding hydrogens is 477 g/mol. The van der Waals surface area contributed by atoms with Gasteiger partial charge in [0.05, 0.1) is 30.3 Å². The van der Waals surface area contributed by atoms with E-state index in [0.717, 1.165) is 24.8 Å². The van der Waals surface area contributed by atoms with E-state index in [1.807, 2.05) is 12.1 Å². The van der Waals surface area contributed by atoms with Crippen LogP contribution in [-0.4, -0.2) is 54.4 Å². The van der Waals surface area contributed by atoms with Crippen molar-refractivity contribution in [3.05, 3.63) is 47.8 Å². The lowest BCUT2D eigenvalue weighted by Crippen LogP contribution is -2.48. The van der Waals surface area contributed by atoms with Crippen LogP contribution < -0.4 is 20.1 Å². The highest BCUT2D eigenvalue weighted by Crippen LogP contribution is 2.44. The average Bonchev–Trinajstić information content (AvgIpc) is 3.34. The second-order valence-corrected chi connectivity index (χ2v) is 9.08. The molecule has 2 unspecified atom stereocenters. The summed E-state index contributed by atoms with van der Waals surface area (Å²) in [5.74, 6) is -1.19. The molecule has 2 amide bonds. The van der Waals surface area contributed by atoms with Crippen LogP contribution >= 0.6 is 0 Å². The minimum atomic E-state index is -3.19. The van der Waals surface area contributed by atoms with Crippen molar-refractivity contribution in [2.75, 3.05) is 14.2 Å². The molecule has 0 spiro atoms. The number of nitrogens with zero attached hydrogens (tertiary/aromatic N) is 2. The van der Waals surface area contributed by atoms with Gasteiger partial charge in [0.25, 0.3) is 5.91 Å². The molecule has 2 aliphatic rings. The molecule has 0 aliphatic heterocycles. The number of carbonyl (C=O) groups is 2. The predicted molar refractivity (Wildman–Crippen MR) is 124 cm³/mol. The van der Waals surface area contributed by atoms with Crippen molar-refractivity contribution in [2.24, 2.45) is 0 Å². The number of hydrogen-bond acceptors (Lipinski definition) is 5. The van der Waals surface area contributed by atoms with Gasteiger partial charge in [-0.15, -0.1) is 0 Å². The third kappa shape index (κ3) is 4.02. The Kier molecular flexibility index (Phi) is 6.01. The number of nitrogens with one attached hydrogen (secondary N) is 2. The Morgan fingerprint density at radius 2 is 1.94 bits per heavy atom. The minimum absolute atomic E-state index is 0.000663. The lowest BCUT2D eigenvalue weighted by Gasteiger charge is -2.40. The van der Waals surface area contributed by atoms with Crippen molar-refractivity contribution in [2.45, 2.75) is 49.9 Å². The number of rotatable bonds is 8. The first-order chi connectivity index (χ1) is 17.3. The van der Waals surface area contributed by atoms with E-state index in [-0.39, 0.29) is 23.6 Å². The molecule has 8 nitrogen and oxygen atoms in total. The second-order valence-electron chi connectivity index (χ2n) is 9.08. The van der Waals surface area contributed by atoms with Gasteiger partial charge in [0, 0.05) is 25.2 Å². The number of alkyl halides is 3. The number of benzene rings is 1. The molecule has 3 aromatic rings. The molecule has 190 valence electrons. The number of hydrogen-bond donors (Lipinski definition) is 2. The smallest absolute Gasteiger partial charge is 0.387 e. The molecule has 11 heteroatoms. The Bertz CT molecular complexity index is 1340. The Labute approximate surface area is 204 Å². The number of pyridine rings is 1. The molecule has 36 heavy (non-hydrogen) atoms. The fourth-order valence-electron chi connectivity index (χ4n) is 4.78. The van der Waals surface area contributed by atoms with Crippen LogP contribution in [0.5, 0.6) is 11.5 Å². The maximum atomic E-state index is 13.3. The molecule has 2 aliphatic carbocycles. The highest BCUT2D eigenvalue weighted by molar-refractivity contribution is 6.01. The number of amides is 2. The van der Waals surface area contributed by atoms with E-state index >= 15 is 0 Å². The number of aromatic nitrogens is 2. The zero-order chi connectivity index (χ0) is 25.6. The summed E-state index contributed by atoms with van der Waals surface area (Å²) in [6, 6.07) is 5.86. The summed E-state index contributed by atoms with van der Waals surface area (Å²) in [5, 5.41) is 9.62. The highest BCUT2D eigenvalue weighted by atomic mass is 19.3. The van der Waals surface area contributed by atoms with Gasteiger partial charge in [0.1, 0.15) is 23.2 Å². The van der Waals surface area contributed by atoms with Crippen molar-refractivity contribution in [1.29, 1.82) is 0 Å². The van der Waals surface area contributed by atoms with Gasteiger partial charge in [-0.05, 0) is 42.2 Å². The van der Waals surface area contributed by atoms with Gasteiger partial charge in [-0.2, -0.15) is 13.9 Å². The monoisotopic (exact) mass is 502 g/mol. The van der Waals surface area contributed by atoms with Crippen LogP contribution in [0.4, 0.5) is 13.2 Å². The number of methoxy groups -OCH3 is 1. The van der Waals surface area contributed by atoms with Crippen LogP contribution in [0.15, 0.2) is 36.7 Å². The molecule has 2 saturated carbocycles. The van der Waals surface area contributed by atoms with E-state index in [4.69, 9.17) is 4.74 Å². The third-order valence-corrected chi connectivity index (χ3v) is 7.01. The second kappa shape index (κ2) is 9.03. The zero-order valence-electron chi connectivity index (χ0n) is 19.7. The maximum absolute atomic E-state index is 13.3. The van der Waals surface area contributed by atoms with Crippen LogP contribution in [0.1, 0.15) is 41.6 Å². The van der Waals surface area contributed by atoms with Crippen molar-refractivity contribution >= 4 is 17.3 Å². The van der Waals surface area contributed by atoms with Crippen LogP contribution in [0.2, 0.25) is 0 Å². The number of fused-ring (bicyclic) bond motifs is 1. The van der Waals surface area contributed by atoms with Crippen LogP contribution in [-0.2, 0) is 10.2 Å². The lowest BCUT2D eigenvalue weighted by atomic mass is 9.64. The van der Waals surface area contributed by atoms with E-state index < -0.39 is 35.9 Å². The molecule has 5 rings (SSSR count). The first-order valence-corrected chi connectivity index (χ1v) is 11.6. The fourth-order valence-corrected chi connectivity index (χ4v) is 4.78. The van der Waals surface area contributed by atoms with Gasteiger partial charge >= 0.3 is 6.61 Å². The lowest BCUT2D eigenvalue weighted by molar-refractivity contribution is -0.129. The van der Waals surface area contributed by atoms with Crippen molar-refractivity contribution in [1.82, 2.24) is 20.2 Å². The molecule has 2 fully saturated rings. The van der Waals surface area contributed by atoms with Crippen LogP contribution in [0.3, 0.4) is 0 Å². The molecule has 2 heterocycles. The Morgan fingerprint density at radius 1 is 1.22 bits per heavy atom. The summed E-state index contributed by atoms with van der Waals surface area (Å²) in [5.41, 5.74) is 1.68. The number of halogens is 3. The van der Waals surface area contributed by atoms with E-state index in [1.54, 1.807) is 24.0 Å². The maximum Gasteiger partial charge on any atom is 0.387 e. The summed E-state index contributed by atoms with van der Waals surface area (Å²) in [6.45, 7) is -3.19. The molecular formula is C25H25F3N4O4. The van der Waals surface area contributed by atoms with E-state index in [1.165, 1.54) is 19.2 Å². The molecule has 2 N–H and O–H groups in total.